The minimum absolute atomic E-state index is 0. The smallest absolute Gasteiger partial charge is 0.319 e. The summed E-state index contributed by atoms with van der Waals surface area (Å²) in [7, 11) is -2.61. The summed E-state index contributed by atoms with van der Waals surface area (Å²) in [6.07, 6.45) is 0. The van der Waals surface area contributed by atoms with Crippen LogP contribution in [0.25, 0.3) is 0 Å². The third-order valence-corrected chi connectivity index (χ3v) is 16.9. The molecule has 0 unspecified atom stereocenters. The van der Waals surface area contributed by atoms with Gasteiger partial charge in [0, 0.05) is 32.7 Å². The SMILES string of the molecule is CC[Si](CC)(CC)c1[c-]c([Si](CC)(CC)CC)c[c-]c1.[Li+].[Y]. The Labute approximate surface area is 178 Å². The van der Waals surface area contributed by atoms with Crippen LogP contribution in [-0.2, 0) is 32.7 Å². The predicted molar refractivity (Wildman–Crippen MR) is 97.8 cm³/mol. The molecule has 22 heavy (non-hydrogen) atoms. The van der Waals surface area contributed by atoms with E-state index in [0.717, 1.165) is 0 Å². The molecule has 0 spiro atoms. The summed E-state index contributed by atoms with van der Waals surface area (Å²) in [5.74, 6) is 0. The predicted octanol–water partition coefficient (Wildman–Crippen LogP) is 1.72. The van der Waals surface area contributed by atoms with Crippen molar-refractivity contribution < 1.29 is 51.6 Å². The van der Waals surface area contributed by atoms with Crippen molar-refractivity contribution in [2.24, 2.45) is 0 Å². The summed E-state index contributed by atoms with van der Waals surface area (Å²) in [4.78, 5) is 0. The van der Waals surface area contributed by atoms with E-state index in [1.165, 1.54) is 36.3 Å². The minimum Gasteiger partial charge on any atom is -0.319 e. The van der Waals surface area contributed by atoms with E-state index in [9.17, 15) is 0 Å². The zero-order chi connectivity index (χ0) is 15.2. The zero-order valence-electron chi connectivity index (χ0n) is 16.0. The quantitative estimate of drug-likeness (QED) is 0.461. The van der Waals surface area contributed by atoms with Crippen molar-refractivity contribution in [3.63, 3.8) is 0 Å². The number of rotatable bonds is 8. The van der Waals surface area contributed by atoms with Gasteiger partial charge >= 0.3 is 18.9 Å². The summed E-state index contributed by atoms with van der Waals surface area (Å²) < 4.78 is 0. The van der Waals surface area contributed by atoms with Gasteiger partial charge in [-0.3, -0.25) is 22.5 Å². The van der Waals surface area contributed by atoms with E-state index >= 15 is 0 Å². The standard InChI is InChI=1S/C18H32Si2.Li.Y/c1-7-19(8-2,9-3)17-14-13-15-18(16-17)20(10-4,11-5)12-6;;/h14-15H,7-12H2,1-6H3;;/q-2;+1;. The first-order valence-electron chi connectivity index (χ1n) is 8.52. The van der Waals surface area contributed by atoms with Crippen LogP contribution in [0.2, 0.25) is 36.3 Å². The molecule has 0 heterocycles. The van der Waals surface area contributed by atoms with Gasteiger partial charge in [-0.05, 0) is 16.1 Å². The summed E-state index contributed by atoms with van der Waals surface area (Å²) in [6, 6.07) is 20.0. The molecular formula is C18H32LiSi2Y-. The van der Waals surface area contributed by atoms with Crippen LogP contribution in [0.5, 0.6) is 0 Å². The van der Waals surface area contributed by atoms with Crippen molar-refractivity contribution >= 4 is 26.5 Å². The normalized spacial score (nSPS) is 11.5. The van der Waals surface area contributed by atoms with Crippen molar-refractivity contribution in [3.8, 4) is 0 Å². The Hall–Kier alpha value is 1.36. The third-order valence-electron chi connectivity index (χ3n) is 5.93. The molecule has 1 aromatic carbocycles. The maximum absolute atomic E-state index is 3.92. The second-order valence-corrected chi connectivity index (χ2v) is 16.5. The Kier molecular flexibility index (Phi) is 13.8. The molecule has 0 fully saturated rings. The molecule has 4 heteroatoms. The maximum atomic E-state index is 3.92. The van der Waals surface area contributed by atoms with E-state index in [-0.39, 0.29) is 51.6 Å². The fourth-order valence-corrected chi connectivity index (χ4v) is 10.6. The molecule has 0 aromatic heterocycles. The fourth-order valence-electron chi connectivity index (χ4n) is 3.64. The van der Waals surface area contributed by atoms with E-state index in [1.54, 1.807) is 10.4 Å². The van der Waals surface area contributed by atoms with Gasteiger partial charge in [0.2, 0.25) is 0 Å². The van der Waals surface area contributed by atoms with Crippen LogP contribution >= 0.6 is 0 Å². The Morgan fingerprint density at radius 3 is 1.18 bits per heavy atom. The van der Waals surface area contributed by atoms with E-state index in [0.29, 0.717) is 0 Å². The summed E-state index contributed by atoms with van der Waals surface area (Å²) in [5, 5.41) is 3.10. The van der Waals surface area contributed by atoms with Crippen LogP contribution < -0.4 is 29.2 Å². The van der Waals surface area contributed by atoms with Gasteiger partial charge in [0.25, 0.3) is 0 Å². The zero-order valence-corrected chi connectivity index (χ0v) is 20.8. The Morgan fingerprint density at radius 2 is 0.955 bits per heavy atom. The topological polar surface area (TPSA) is 0 Å². The van der Waals surface area contributed by atoms with Crippen molar-refractivity contribution in [1.82, 2.24) is 0 Å². The molecule has 1 rings (SSSR count). The number of benzene rings is 1. The van der Waals surface area contributed by atoms with Gasteiger partial charge in [0.15, 0.2) is 0 Å². The molecule has 0 saturated carbocycles. The second-order valence-electron chi connectivity index (χ2n) is 6.09. The van der Waals surface area contributed by atoms with Crippen LogP contribution in [0.15, 0.2) is 12.1 Å². The van der Waals surface area contributed by atoms with Crippen LogP contribution in [0.4, 0.5) is 0 Å². The first kappa shape index (κ1) is 25.6. The van der Waals surface area contributed by atoms with Crippen LogP contribution in [0, 0.1) is 12.1 Å². The first-order chi connectivity index (χ1) is 9.57. The molecule has 0 bridgehead atoms. The van der Waals surface area contributed by atoms with Gasteiger partial charge in [-0.25, -0.2) is 0 Å². The van der Waals surface area contributed by atoms with Crippen molar-refractivity contribution in [3.05, 3.63) is 24.3 Å². The van der Waals surface area contributed by atoms with Gasteiger partial charge in [-0.15, -0.1) is 0 Å². The molecule has 0 amide bonds. The summed E-state index contributed by atoms with van der Waals surface area (Å²) in [5.41, 5.74) is 0. The van der Waals surface area contributed by atoms with Gasteiger partial charge in [-0.2, -0.15) is 0 Å². The second kappa shape index (κ2) is 11.8. The third kappa shape index (κ3) is 5.17. The minimum atomic E-state index is -1.31. The summed E-state index contributed by atoms with van der Waals surface area (Å²) in [6.45, 7) is 14.3. The van der Waals surface area contributed by atoms with E-state index in [2.05, 4.69) is 65.8 Å². The van der Waals surface area contributed by atoms with Crippen molar-refractivity contribution in [2.75, 3.05) is 0 Å². The van der Waals surface area contributed by atoms with Gasteiger partial charge in [0.1, 0.15) is 0 Å². The van der Waals surface area contributed by atoms with E-state index in [4.69, 9.17) is 0 Å². The van der Waals surface area contributed by atoms with Crippen molar-refractivity contribution in [1.29, 1.82) is 0 Å². The molecule has 0 aliphatic rings. The van der Waals surface area contributed by atoms with Crippen LogP contribution in [-0.4, -0.2) is 16.1 Å². The van der Waals surface area contributed by atoms with E-state index in [1.807, 2.05) is 0 Å². The Morgan fingerprint density at radius 1 is 0.682 bits per heavy atom. The fraction of sp³-hybridized carbons (Fsp3) is 0.667. The van der Waals surface area contributed by atoms with Crippen molar-refractivity contribution in [2.45, 2.75) is 77.8 Å². The largest absolute Gasteiger partial charge is 1.00 e. The molecule has 0 aliphatic carbocycles. The average molecular weight is 400 g/mol. The molecule has 0 aliphatic heterocycles. The van der Waals surface area contributed by atoms with Gasteiger partial charge in [-0.1, -0.05) is 77.8 Å². The molecule has 1 aromatic rings. The molecular weight excluding hydrogens is 368 g/mol. The summed E-state index contributed by atoms with van der Waals surface area (Å²) >= 11 is 0. The Balaban J connectivity index is 0. The monoisotopic (exact) mass is 400 g/mol. The van der Waals surface area contributed by atoms with Gasteiger partial charge < -0.3 is 12.1 Å². The molecule has 0 atom stereocenters. The number of hydrogen-bond donors (Lipinski definition) is 0. The molecule has 117 valence electrons. The van der Waals surface area contributed by atoms with E-state index < -0.39 is 16.1 Å². The Bertz CT molecular complexity index is 364. The number of hydrogen-bond acceptors (Lipinski definition) is 0. The molecule has 1 radical (unpaired) electrons. The maximum Gasteiger partial charge on any atom is 1.00 e. The van der Waals surface area contributed by atoms with Crippen LogP contribution in [0.3, 0.4) is 0 Å². The first-order valence-corrected chi connectivity index (χ1v) is 13.8. The van der Waals surface area contributed by atoms with Gasteiger partial charge in [0.05, 0.1) is 0 Å². The molecule has 0 saturated heterocycles. The molecule has 0 nitrogen and oxygen atoms in total. The molecule has 0 N–H and O–H groups in total. The average Bonchev–Trinajstić information content (AvgIpc) is 2.52. The van der Waals surface area contributed by atoms with Crippen LogP contribution in [0.1, 0.15) is 41.5 Å².